The molecule has 10 heteroatoms. The number of rotatable bonds is 4. The standard InChI is InChI=1S/C17H16N6O3S/c1-11-9-12-5-2-3-8-15(12)23(11)27(25,26)14-7-4-6-13(10-14)16(24)18-17-19-21-22-20-17/h2-8,10-11H,9H2,1H3,(H2,18,19,20,21,22,24)/p-1/t11-/m0/s1. The summed E-state index contributed by atoms with van der Waals surface area (Å²) in [6.45, 7) is 1.86. The molecule has 138 valence electrons. The highest BCUT2D eigenvalue weighted by atomic mass is 32.2. The van der Waals surface area contributed by atoms with Gasteiger partial charge in [-0.15, -0.1) is 5.10 Å². The Balaban J connectivity index is 1.73. The molecular formula is C17H15N6O3S-. The van der Waals surface area contributed by atoms with Crippen LogP contribution in [0.1, 0.15) is 18.1 Å². The summed E-state index contributed by atoms with van der Waals surface area (Å²) in [5.74, 6) is -0.765. The lowest BCUT2D eigenvalue weighted by Crippen LogP contribution is -2.35. The quantitative estimate of drug-likeness (QED) is 0.524. The molecule has 0 radical (unpaired) electrons. The Bertz CT molecular complexity index is 1110. The molecule has 3 aromatic rings. The molecule has 2 heterocycles. The average Bonchev–Trinajstić information content (AvgIpc) is 3.28. The summed E-state index contributed by atoms with van der Waals surface area (Å²) in [6.07, 6.45) is 0.640. The minimum atomic E-state index is -3.83. The Hall–Kier alpha value is -3.27. The smallest absolute Gasteiger partial charge is 0.288 e. The third kappa shape index (κ3) is 3.04. The summed E-state index contributed by atoms with van der Waals surface area (Å²) in [5.41, 5.74) is 1.77. The molecule has 9 nitrogen and oxygen atoms in total. The molecule has 2 aromatic carbocycles. The lowest BCUT2D eigenvalue weighted by atomic mass is 10.1. The van der Waals surface area contributed by atoms with Crippen LogP contribution in [0.5, 0.6) is 0 Å². The lowest BCUT2D eigenvalue weighted by molar-refractivity contribution is -0.212. The van der Waals surface area contributed by atoms with E-state index < -0.39 is 15.9 Å². The van der Waals surface area contributed by atoms with E-state index >= 15 is 0 Å². The van der Waals surface area contributed by atoms with Gasteiger partial charge < -0.3 is 5.11 Å². The molecule has 1 aliphatic rings. The molecule has 0 saturated carbocycles. The Morgan fingerprint density at radius 1 is 1.26 bits per heavy atom. The highest BCUT2D eigenvalue weighted by Crippen LogP contribution is 2.36. The molecule has 1 atom stereocenters. The van der Waals surface area contributed by atoms with Crippen LogP contribution in [0.3, 0.4) is 0 Å². The normalized spacial score (nSPS) is 17.1. The number of hydrogen-bond donors (Lipinski definition) is 1. The van der Waals surface area contributed by atoms with Gasteiger partial charge in [0.25, 0.3) is 16.0 Å². The minimum absolute atomic E-state index is 0.0280. The van der Waals surface area contributed by atoms with Crippen LogP contribution < -0.4 is 9.41 Å². The number of sulfonamides is 1. The summed E-state index contributed by atoms with van der Waals surface area (Å²) in [6, 6.07) is 13.0. The van der Waals surface area contributed by atoms with Gasteiger partial charge in [0, 0.05) is 6.04 Å². The maximum absolute atomic E-state index is 13.2. The van der Waals surface area contributed by atoms with E-state index in [4.69, 9.17) is 0 Å². The molecule has 0 bridgehead atoms. The number of aromatic nitrogens is 4. The monoisotopic (exact) mass is 383 g/mol. The summed E-state index contributed by atoms with van der Waals surface area (Å²) >= 11 is 0. The van der Waals surface area contributed by atoms with E-state index in [-0.39, 0.29) is 22.4 Å². The Morgan fingerprint density at radius 2 is 2.07 bits per heavy atom. The zero-order chi connectivity index (χ0) is 19.0. The molecule has 4 rings (SSSR count). The van der Waals surface area contributed by atoms with Gasteiger partial charge in [-0.1, -0.05) is 35.4 Å². The molecule has 0 fully saturated rings. The fraction of sp³-hybridized carbons (Fsp3) is 0.176. The Kier molecular flexibility index (Phi) is 4.11. The van der Waals surface area contributed by atoms with Crippen molar-refractivity contribution < 1.29 is 13.5 Å². The number of H-pyrrole nitrogens is 1. The van der Waals surface area contributed by atoms with Crippen molar-refractivity contribution >= 4 is 27.6 Å². The van der Waals surface area contributed by atoms with Crippen molar-refractivity contribution in [1.82, 2.24) is 20.6 Å². The van der Waals surface area contributed by atoms with Crippen molar-refractivity contribution in [3.8, 4) is 0 Å². The lowest BCUT2D eigenvalue weighted by Gasteiger charge is -2.25. The molecule has 0 spiro atoms. The van der Waals surface area contributed by atoms with Gasteiger partial charge >= 0.3 is 0 Å². The van der Waals surface area contributed by atoms with E-state index in [1.165, 1.54) is 28.6 Å². The van der Waals surface area contributed by atoms with E-state index in [0.717, 1.165) is 5.56 Å². The van der Waals surface area contributed by atoms with Gasteiger partial charge in [-0.2, -0.15) is 5.21 Å². The van der Waals surface area contributed by atoms with E-state index in [1.54, 1.807) is 6.07 Å². The van der Waals surface area contributed by atoms with Gasteiger partial charge in [-0.05, 0) is 53.8 Å². The Morgan fingerprint density at radius 3 is 2.85 bits per heavy atom. The second-order valence-electron chi connectivity index (χ2n) is 6.14. The Labute approximate surface area is 155 Å². The molecule has 0 aliphatic carbocycles. The first kappa shape index (κ1) is 17.2. The number of hydrogen-bond acceptors (Lipinski definition) is 7. The molecule has 0 unspecified atom stereocenters. The molecular weight excluding hydrogens is 368 g/mol. The molecule has 1 aliphatic heterocycles. The molecule has 27 heavy (non-hydrogen) atoms. The maximum atomic E-state index is 13.2. The second-order valence-corrected chi connectivity index (χ2v) is 7.95. The van der Waals surface area contributed by atoms with Crippen LogP contribution in [0, 0.1) is 0 Å². The van der Waals surface area contributed by atoms with Crippen molar-refractivity contribution in [2.45, 2.75) is 24.3 Å². The van der Waals surface area contributed by atoms with Crippen LogP contribution in [0.15, 0.2) is 58.4 Å². The van der Waals surface area contributed by atoms with E-state index in [2.05, 4.69) is 25.6 Å². The molecule has 1 aromatic heterocycles. The number of anilines is 1. The second kappa shape index (κ2) is 6.47. The average molecular weight is 383 g/mol. The zero-order valence-electron chi connectivity index (χ0n) is 14.3. The van der Waals surface area contributed by atoms with Crippen molar-refractivity contribution in [3.63, 3.8) is 0 Å². The number of fused-ring (bicyclic) bond motifs is 1. The number of tetrazole rings is 1. The van der Waals surface area contributed by atoms with E-state index in [0.29, 0.717) is 12.1 Å². The van der Waals surface area contributed by atoms with Gasteiger partial charge in [-0.3, -0.25) is 4.31 Å². The summed E-state index contributed by atoms with van der Waals surface area (Å²) in [5, 5.41) is 25.0. The predicted molar refractivity (Wildman–Crippen MR) is 96.1 cm³/mol. The summed E-state index contributed by atoms with van der Waals surface area (Å²) in [7, 11) is -3.83. The van der Waals surface area contributed by atoms with Crippen LogP contribution in [0.25, 0.3) is 0 Å². The van der Waals surface area contributed by atoms with Crippen LogP contribution in [0.4, 0.5) is 11.6 Å². The summed E-state index contributed by atoms with van der Waals surface area (Å²) in [4.78, 5) is 3.73. The SMILES string of the molecule is C[C@H]1Cc2ccccc2N1S(=O)(=O)c1cccc(C([O-])=Nc2nn[nH]n2)c1. The van der Waals surface area contributed by atoms with Crippen LogP contribution >= 0.6 is 0 Å². The predicted octanol–water partition coefficient (Wildman–Crippen LogP) is 0.778. The topological polar surface area (TPSA) is 127 Å². The van der Waals surface area contributed by atoms with Crippen molar-refractivity contribution in [2.75, 3.05) is 4.31 Å². The fourth-order valence-electron chi connectivity index (χ4n) is 3.17. The van der Waals surface area contributed by atoms with E-state index in [1.807, 2.05) is 25.1 Å². The van der Waals surface area contributed by atoms with Gasteiger partial charge in [-0.25, -0.2) is 13.4 Å². The number of benzene rings is 2. The third-order valence-electron chi connectivity index (χ3n) is 4.32. The number of nitrogens with zero attached hydrogens (tertiary/aromatic N) is 5. The molecule has 0 saturated heterocycles. The van der Waals surface area contributed by atoms with Crippen LogP contribution in [-0.2, 0) is 16.4 Å². The van der Waals surface area contributed by atoms with E-state index in [9.17, 15) is 13.5 Å². The maximum Gasteiger partial charge on any atom is 0.288 e. The minimum Gasteiger partial charge on any atom is -0.858 e. The van der Waals surface area contributed by atoms with Crippen LogP contribution in [0.2, 0.25) is 0 Å². The van der Waals surface area contributed by atoms with Gasteiger partial charge in [0.05, 0.1) is 10.6 Å². The molecule has 0 amide bonds. The van der Waals surface area contributed by atoms with Crippen molar-refractivity contribution in [1.29, 1.82) is 0 Å². The highest BCUT2D eigenvalue weighted by molar-refractivity contribution is 7.92. The van der Waals surface area contributed by atoms with Gasteiger partial charge in [0.1, 0.15) is 0 Å². The molecule has 1 N–H and O–H groups in total. The summed E-state index contributed by atoms with van der Waals surface area (Å²) < 4.78 is 27.9. The zero-order valence-corrected chi connectivity index (χ0v) is 15.1. The third-order valence-corrected chi connectivity index (χ3v) is 6.24. The number of aliphatic imine (C=N–C) groups is 1. The largest absolute Gasteiger partial charge is 0.858 e. The number of nitrogens with one attached hydrogen (secondary N) is 1. The fourth-order valence-corrected chi connectivity index (χ4v) is 4.90. The van der Waals surface area contributed by atoms with Gasteiger partial charge in [0.2, 0.25) is 0 Å². The van der Waals surface area contributed by atoms with Crippen LogP contribution in [-0.4, -0.2) is 41.0 Å². The first-order chi connectivity index (χ1) is 13.0. The van der Waals surface area contributed by atoms with Crippen molar-refractivity contribution in [3.05, 3.63) is 59.7 Å². The number of aromatic amines is 1. The first-order valence-electron chi connectivity index (χ1n) is 8.19. The van der Waals surface area contributed by atoms with Crippen molar-refractivity contribution in [2.24, 2.45) is 4.99 Å². The van der Waals surface area contributed by atoms with Gasteiger partial charge in [0.15, 0.2) is 0 Å². The highest BCUT2D eigenvalue weighted by Gasteiger charge is 2.35. The first-order valence-corrected chi connectivity index (χ1v) is 9.63. The number of para-hydroxylation sites is 1.